The van der Waals surface area contributed by atoms with Gasteiger partial charge in [-0.3, -0.25) is 0 Å². The monoisotopic (exact) mass is 952 g/mol. The van der Waals surface area contributed by atoms with E-state index in [2.05, 4.69) is 90.1 Å². The summed E-state index contributed by atoms with van der Waals surface area (Å²) < 4.78 is 3.72. The van der Waals surface area contributed by atoms with Gasteiger partial charge in [-0.25, -0.2) is 0 Å². The number of rotatable bonds is 4. The molecule has 0 bridgehead atoms. The average molecular weight is 957 g/mol. The van der Waals surface area contributed by atoms with E-state index in [1.165, 1.54) is 67.2 Å². The van der Waals surface area contributed by atoms with E-state index in [1.54, 1.807) is 0 Å². The summed E-state index contributed by atoms with van der Waals surface area (Å²) in [5.74, 6) is -0.428. The zero-order chi connectivity index (χ0) is 40.4. The molecule has 0 saturated carbocycles. The molecule has 1 aromatic heterocycles. The highest BCUT2D eigenvalue weighted by atomic mass is 35.5. The Morgan fingerprint density at radius 3 is 1.71 bits per heavy atom. The van der Waals surface area contributed by atoms with Gasteiger partial charge < -0.3 is 20.2 Å². The van der Waals surface area contributed by atoms with Crippen LogP contribution < -0.4 is 14.6 Å². The first-order valence-electron chi connectivity index (χ1n) is 16.0. The largest absolute Gasteiger partial charge is 0.871 e. The molecule has 0 unspecified atom stereocenters. The summed E-state index contributed by atoms with van der Waals surface area (Å²) >= 11 is 53.3. The third-order valence-electron chi connectivity index (χ3n) is 7.34. The Balaban J connectivity index is 0.000000186. The number of aromatic hydroxyl groups is 2. The van der Waals surface area contributed by atoms with Crippen LogP contribution in [0.5, 0.6) is 17.2 Å². The normalized spacial score (nSPS) is 12.5. The average Bonchev–Trinajstić information content (AvgIpc) is 3.70. The SMILES string of the molecule is CCN1/C(=C/C=C/c2sc3ccccc3[n+]2CC)Sc2ccccc21.Oc1cc(Cl)c(Cl)cc1Cl.Oc1cc(Cl)c(Cl)cc1Cl.[O-]c1cc(Cl)c(Cl)cc1Cl. The van der Waals surface area contributed by atoms with E-state index >= 15 is 0 Å². The molecule has 288 valence electrons. The number of nitrogens with zero attached hydrogens (tertiary/aromatic N) is 2. The maximum Gasteiger partial charge on any atom is 0.262 e. The van der Waals surface area contributed by atoms with Gasteiger partial charge in [0.15, 0.2) is 0 Å². The van der Waals surface area contributed by atoms with Crippen LogP contribution in [0.3, 0.4) is 0 Å². The summed E-state index contributed by atoms with van der Waals surface area (Å²) in [4.78, 5) is 3.72. The summed E-state index contributed by atoms with van der Waals surface area (Å²) in [5.41, 5.74) is 2.64. The molecular weight excluding hydrogens is 928 g/mol. The van der Waals surface area contributed by atoms with Gasteiger partial charge in [0, 0.05) is 40.7 Å². The number of halogens is 9. The second-order valence-corrected chi connectivity index (χ2v) is 16.8. The highest BCUT2D eigenvalue weighted by Crippen LogP contribution is 2.45. The number of benzene rings is 5. The van der Waals surface area contributed by atoms with E-state index in [9.17, 15) is 5.11 Å². The van der Waals surface area contributed by atoms with Crippen molar-refractivity contribution in [3.63, 3.8) is 0 Å². The summed E-state index contributed by atoms with van der Waals surface area (Å²) in [6, 6.07) is 25.1. The lowest BCUT2D eigenvalue weighted by Gasteiger charge is -2.17. The maximum absolute atomic E-state index is 10.7. The van der Waals surface area contributed by atoms with Crippen molar-refractivity contribution < 1.29 is 19.9 Å². The number of para-hydroxylation sites is 2. The van der Waals surface area contributed by atoms with E-state index in [-0.39, 0.29) is 37.3 Å². The number of fused-ring (bicyclic) bond motifs is 2. The Hall–Kier alpha value is -2.37. The van der Waals surface area contributed by atoms with Crippen LogP contribution >= 0.6 is 128 Å². The van der Waals surface area contributed by atoms with Crippen molar-refractivity contribution in [2.75, 3.05) is 11.4 Å². The lowest BCUT2D eigenvalue weighted by molar-refractivity contribution is -0.665. The van der Waals surface area contributed by atoms with Crippen LogP contribution in [0, 0.1) is 0 Å². The number of aromatic nitrogens is 1. The molecule has 5 aromatic carbocycles. The minimum Gasteiger partial charge on any atom is -0.871 e. The zero-order valence-corrected chi connectivity index (χ0v) is 37.1. The van der Waals surface area contributed by atoms with Crippen LogP contribution in [0.15, 0.2) is 107 Å². The molecular formula is C39H29Cl9N2O3S2. The summed E-state index contributed by atoms with van der Waals surface area (Å²) in [6.45, 7) is 6.39. The van der Waals surface area contributed by atoms with Crippen molar-refractivity contribution in [3.05, 3.63) is 152 Å². The molecule has 16 heteroatoms. The first kappa shape index (κ1) is 45.3. The highest BCUT2D eigenvalue weighted by molar-refractivity contribution is 8.03. The topological polar surface area (TPSA) is 70.6 Å². The molecule has 6 aromatic rings. The molecule has 7 rings (SSSR count). The third-order valence-corrected chi connectivity index (χ3v) is 12.7. The molecule has 0 radical (unpaired) electrons. The molecule has 1 aliphatic heterocycles. The van der Waals surface area contributed by atoms with Crippen LogP contribution in [-0.2, 0) is 6.54 Å². The van der Waals surface area contributed by atoms with Crippen LogP contribution in [-0.4, -0.2) is 16.8 Å². The highest BCUT2D eigenvalue weighted by Gasteiger charge is 2.23. The van der Waals surface area contributed by atoms with E-state index in [1.807, 2.05) is 23.1 Å². The quantitative estimate of drug-likeness (QED) is 0.136. The second kappa shape index (κ2) is 21.4. The van der Waals surface area contributed by atoms with E-state index < -0.39 is 0 Å². The van der Waals surface area contributed by atoms with Gasteiger partial charge in [0.1, 0.15) is 22.7 Å². The number of phenols is 2. The van der Waals surface area contributed by atoms with Gasteiger partial charge >= 0.3 is 0 Å². The molecule has 0 saturated heterocycles. The Kier molecular flexibility index (Phi) is 17.6. The Labute approximate surface area is 372 Å². The first-order chi connectivity index (χ1) is 26.1. The molecule has 0 spiro atoms. The molecule has 2 heterocycles. The minimum atomic E-state index is -0.309. The minimum absolute atomic E-state index is 0.0592. The van der Waals surface area contributed by atoms with Gasteiger partial charge in [-0.05, 0) is 62.4 Å². The molecule has 0 atom stereocenters. The van der Waals surface area contributed by atoms with Gasteiger partial charge in [-0.2, -0.15) is 4.57 Å². The van der Waals surface area contributed by atoms with Crippen LogP contribution in [0.2, 0.25) is 45.2 Å². The Morgan fingerprint density at radius 2 is 1.16 bits per heavy atom. The third kappa shape index (κ3) is 12.3. The van der Waals surface area contributed by atoms with Gasteiger partial charge in [0.25, 0.3) is 5.01 Å². The molecule has 1 aliphatic rings. The van der Waals surface area contributed by atoms with Gasteiger partial charge in [0.2, 0.25) is 5.52 Å². The zero-order valence-electron chi connectivity index (χ0n) is 28.6. The van der Waals surface area contributed by atoms with Crippen LogP contribution in [0.4, 0.5) is 5.69 Å². The fraction of sp³-hybridized carbons (Fsp3) is 0.103. The number of thioether (sulfide) groups is 1. The van der Waals surface area contributed by atoms with Crippen molar-refractivity contribution >= 4 is 149 Å². The van der Waals surface area contributed by atoms with Crippen molar-refractivity contribution in [2.45, 2.75) is 25.3 Å². The van der Waals surface area contributed by atoms with Crippen molar-refractivity contribution in [3.8, 4) is 17.2 Å². The first-order valence-corrected chi connectivity index (χ1v) is 21.0. The fourth-order valence-corrected chi connectivity index (χ4v) is 8.64. The lowest BCUT2D eigenvalue weighted by atomic mass is 10.3. The number of thiazole rings is 1. The predicted octanol–water partition coefficient (Wildman–Crippen LogP) is 15.1. The van der Waals surface area contributed by atoms with Crippen LogP contribution in [0.25, 0.3) is 16.3 Å². The standard InChI is InChI=1S/C21H21N2S2.3C6H3Cl3O/c1-3-22-16-10-5-7-12-18(16)24-20(22)14-9-15-21-23(4-2)17-11-6-8-13-19(17)25-21;3*7-3-1-5(9)6(10)2-4(3)8/h5-15H,3-4H2,1-2H3;3*1-2,10H/q+1;;;/p-1. The number of aryl methyl sites for hydroxylation is 1. The van der Waals surface area contributed by atoms with E-state index in [0.29, 0.717) is 25.1 Å². The van der Waals surface area contributed by atoms with Crippen molar-refractivity contribution in [1.29, 1.82) is 0 Å². The van der Waals surface area contributed by atoms with Crippen molar-refractivity contribution in [1.82, 2.24) is 0 Å². The lowest BCUT2D eigenvalue weighted by Crippen LogP contribution is -2.33. The Bertz CT molecular complexity index is 2070. The molecule has 0 aliphatic carbocycles. The molecule has 0 fully saturated rings. The fourth-order valence-electron chi connectivity index (χ4n) is 4.75. The number of hydrogen-bond acceptors (Lipinski definition) is 6. The smallest absolute Gasteiger partial charge is 0.262 e. The van der Waals surface area contributed by atoms with E-state index in [0.717, 1.165) is 13.1 Å². The number of hydrogen-bond donors (Lipinski definition) is 2. The van der Waals surface area contributed by atoms with Gasteiger partial charge in [-0.1, -0.05) is 164 Å². The van der Waals surface area contributed by atoms with E-state index in [4.69, 9.17) is 115 Å². The van der Waals surface area contributed by atoms with Crippen molar-refractivity contribution in [2.24, 2.45) is 0 Å². The van der Waals surface area contributed by atoms with Crippen LogP contribution in [0.1, 0.15) is 18.9 Å². The summed E-state index contributed by atoms with van der Waals surface area (Å²) in [7, 11) is 0. The summed E-state index contributed by atoms with van der Waals surface area (Å²) in [6.07, 6.45) is 6.66. The Morgan fingerprint density at radius 1 is 0.655 bits per heavy atom. The maximum atomic E-state index is 10.7. The second-order valence-electron chi connectivity index (χ2n) is 11.0. The van der Waals surface area contributed by atoms with Gasteiger partial charge in [0.05, 0.1) is 50.9 Å². The molecule has 55 heavy (non-hydrogen) atoms. The molecule has 2 N–H and O–H groups in total. The number of anilines is 1. The summed E-state index contributed by atoms with van der Waals surface area (Å²) in [5, 5.41) is 33.5. The number of phenolic OH excluding ortho intramolecular Hbond substituents is 2. The van der Waals surface area contributed by atoms with Gasteiger partial charge in [-0.15, -0.1) is 0 Å². The number of allylic oxidation sites excluding steroid dienone is 2. The molecule has 0 amide bonds. The molecule has 5 nitrogen and oxygen atoms in total. The predicted molar refractivity (Wildman–Crippen MR) is 237 cm³/mol.